The molecule has 32 heavy (non-hydrogen) atoms. The molecule has 0 amide bonds. The van der Waals surface area contributed by atoms with E-state index in [4.69, 9.17) is 0 Å². The Morgan fingerprint density at radius 2 is 1.44 bits per heavy atom. The van der Waals surface area contributed by atoms with Gasteiger partial charge in [0.1, 0.15) is 0 Å². The Morgan fingerprint density at radius 1 is 0.719 bits per heavy atom. The number of anilines is 1. The molecule has 3 unspecified atom stereocenters. The van der Waals surface area contributed by atoms with E-state index >= 15 is 0 Å². The zero-order chi connectivity index (χ0) is 21.4. The van der Waals surface area contributed by atoms with Crippen LogP contribution < -0.4 is 4.90 Å². The third kappa shape index (κ3) is 2.30. The first kappa shape index (κ1) is 18.1. The van der Waals surface area contributed by atoms with Crippen LogP contribution in [0.2, 0.25) is 0 Å². The van der Waals surface area contributed by atoms with E-state index in [-0.39, 0.29) is 0 Å². The van der Waals surface area contributed by atoms with Crippen LogP contribution in [0.1, 0.15) is 42.0 Å². The fourth-order valence-corrected chi connectivity index (χ4v) is 6.47. The van der Waals surface area contributed by atoms with E-state index in [2.05, 4.69) is 114 Å². The largest absolute Gasteiger partial charge is 0.361 e. The average Bonchev–Trinajstić information content (AvgIpc) is 3.47. The first-order valence-corrected chi connectivity index (χ1v) is 11.7. The Morgan fingerprint density at radius 3 is 2.28 bits per heavy atom. The highest BCUT2D eigenvalue weighted by atomic mass is 15.2. The van der Waals surface area contributed by atoms with Gasteiger partial charge in [-0.1, -0.05) is 60.7 Å². The van der Waals surface area contributed by atoms with Gasteiger partial charge < -0.3 is 9.47 Å². The van der Waals surface area contributed by atoms with Gasteiger partial charge in [0.05, 0.1) is 17.1 Å². The van der Waals surface area contributed by atoms with Crippen molar-refractivity contribution in [3.05, 3.63) is 108 Å². The van der Waals surface area contributed by atoms with Gasteiger partial charge in [0.25, 0.3) is 0 Å². The number of hydrogen-bond donors (Lipinski definition) is 0. The molecule has 0 spiro atoms. The van der Waals surface area contributed by atoms with E-state index in [9.17, 15) is 0 Å². The molecular weight excluding hydrogens is 388 g/mol. The van der Waals surface area contributed by atoms with Crippen LogP contribution in [0.3, 0.4) is 0 Å². The standard InChI is InChI=1S/C30H26N2/c1-19-16-29-26(24-14-8-9-15-27(24)32(29)21-10-4-3-5-11-21)18-28(19)31-20(2)25-17-30(31)23-13-7-6-12-22(23)25/h3-16,18,20,25,30H,17H2,1-2H3. The van der Waals surface area contributed by atoms with Crippen LogP contribution in [-0.2, 0) is 0 Å². The Kier molecular flexibility index (Phi) is 3.67. The van der Waals surface area contributed by atoms with Crippen LogP contribution in [-0.4, -0.2) is 10.6 Å². The van der Waals surface area contributed by atoms with Crippen molar-refractivity contribution in [2.45, 2.75) is 38.3 Å². The SMILES string of the molecule is Cc1cc2c(cc1N1C3CC(c4ccccc43)C1C)c1ccccc1n2-c1ccccc1. The van der Waals surface area contributed by atoms with Crippen molar-refractivity contribution < 1.29 is 0 Å². The number of fused-ring (bicyclic) bond motifs is 8. The summed E-state index contributed by atoms with van der Waals surface area (Å²) in [6.45, 7) is 4.70. The van der Waals surface area contributed by atoms with E-state index in [1.165, 1.54) is 50.7 Å². The second-order valence-electron chi connectivity index (χ2n) is 9.48. The summed E-state index contributed by atoms with van der Waals surface area (Å²) in [4.78, 5) is 2.70. The van der Waals surface area contributed by atoms with Crippen molar-refractivity contribution in [3.63, 3.8) is 0 Å². The molecule has 2 bridgehead atoms. The fraction of sp³-hybridized carbons (Fsp3) is 0.200. The lowest BCUT2D eigenvalue weighted by molar-refractivity contribution is 0.614. The smallest absolute Gasteiger partial charge is 0.0555 e. The Bertz CT molecular complexity index is 1490. The van der Waals surface area contributed by atoms with E-state index < -0.39 is 0 Å². The van der Waals surface area contributed by atoms with Gasteiger partial charge in [-0.25, -0.2) is 0 Å². The van der Waals surface area contributed by atoms with Crippen LogP contribution in [0.5, 0.6) is 0 Å². The van der Waals surface area contributed by atoms with Crippen molar-refractivity contribution >= 4 is 27.5 Å². The molecule has 1 aromatic heterocycles. The van der Waals surface area contributed by atoms with Gasteiger partial charge in [0.15, 0.2) is 0 Å². The lowest BCUT2D eigenvalue weighted by Gasteiger charge is -2.37. The molecule has 0 saturated carbocycles. The Hall–Kier alpha value is -3.52. The molecule has 1 aliphatic heterocycles. The predicted molar refractivity (Wildman–Crippen MR) is 134 cm³/mol. The summed E-state index contributed by atoms with van der Waals surface area (Å²) in [5.41, 5.74) is 9.62. The number of hydrogen-bond acceptors (Lipinski definition) is 1. The molecule has 1 saturated heterocycles. The number of aryl methyl sites for hydroxylation is 1. The summed E-state index contributed by atoms with van der Waals surface area (Å²) in [6.07, 6.45) is 1.24. The summed E-state index contributed by atoms with van der Waals surface area (Å²) in [5, 5.41) is 2.67. The molecule has 0 radical (unpaired) electrons. The summed E-state index contributed by atoms with van der Waals surface area (Å²) >= 11 is 0. The highest BCUT2D eigenvalue weighted by Crippen LogP contribution is 2.56. The van der Waals surface area contributed by atoms with Crippen LogP contribution in [0.15, 0.2) is 91.0 Å². The first-order chi connectivity index (χ1) is 15.7. The Balaban J connectivity index is 1.47. The molecule has 1 aliphatic carbocycles. The zero-order valence-electron chi connectivity index (χ0n) is 18.5. The number of benzene rings is 4. The fourth-order valence-electron chi connectivity index (χ4n) is 6.47. The van der Waals surface area contributed by atoms with Crippen molar-refractivity contribution in [1.29, 1.82) is 0 Å². The van der Waals surface area contributed by atoms with Crippen LogP contribution in [0.25, 0.3) is 27.5 Å². The van der Waals surface area contributed by atoms with E-state index in [1.807, 2.05) is 0 Å². The number of rotatable bonds is 2. The number of nitrogens with zero attached hydrogens (tertiary/aromatic N) is 2. The highest BCUT2D eigenvalue weighted by molar-refractivity contribution is 6.10. The van der Waals surface area contributed by atoms with E-state index in [0.29, 0.717) is 18.0 Å². The van der Waals surface area contributed by atoms with Gasteiger partial charge >= 0.3 is 0 Å². The van der Waals surface area contributed by atoms with Crippen molar-refractivity contribution in [1.82, 2.24) is 4.57 Å². The van der Waals surface area contributed by atoms with Gasteiger partial charge in [0.2, 0.25) is 0 Å². The summed E-state index contributed by atoms with van der Waals surface area (Å²) in [5.74, 6) is 0.636. The minimum absolute atomic E-state index is 0.491. The molecule has 0 N–H and O–H groups in total. The van der Waals surface area contributed by atoms with Crippen molar-refractivity contribution in [2.75, 3.05) is 4.90 Å². The third-order valence-corrected chi connectivity index (χ3v) is 7.87. The minimum atomic E-state index is 0.491. The van der Waals surface area contributed by atoms with Gasteiger partial charge in [0, 0.05) is 34.1 Å². The van der Waals surface area contributed by atoms with Crippen molar-refractivity contribution in [2.24, 2.45) is 0 Å². The molecule has 156 valence electrons. The molecule has 2 heterocycles. The molecule has 2 heteroatoms. The maximum absolute atomic E-state index is 2.70. The number of aromatic nitrogens is 1. The predicted octanol–water partition coefficient (Wildman–Crippen LogP) is 7.53. The third-order valence-electron chi connectivity index (χ3n) is 7.87. The molecule has 3 atom stereocenters. The molecule has 2 nitrogen and oxygen atoms in total. The molecule has 2 aliphatic rings. The topological polar surface area (TPSA) is 8.17 Å². The monoisotopic (exact) mass is 414 g/mol. The average molecular weight is 415 g/mol. The normalized spacial score (nSPS) is 21.6. The molecule has 5 aromatic rings. The maximum atomic E-state index is 2.70. The van der Waals surface area contributed by atoms with Gasteiger partial charge in [-0.3, -0.25) is 0 Å². The molecule has 7 rings (SSSR count). The Labute approximate surface area is 188 Å². The maximum Gasteiger partial charge on any atom is 0.0555 e. The van der Waals surface area contributed by atoms with Crippen LogP contribution in [0.4, 0.5) is 5.69 Å². The summed E-state index contributed by atoms with van der Waals surface area (Å²) in [6, 6.07) is 34.5. The van der Waals surface area contributed by atoms with Crippen molar-refractivity contribution in [3.8, 4) is 5.69 Å². The zero-order valence-corrected chi connectivity index (χ0v) is 18.5. The molecule has 4 aromatic carbocycles. The second kappa shape index (κ2) is 6.49. The summed E-state index contributed by atoms with van der Waals surface area (Å²) in [7, 11) is 0. The molecule has 1 fully saturated rings. The van der Waals surface area contributed by atoms with E-state index in [1.54, 1.807) is 5.56 Å². The second-order valence-corrected chi connectivity index (χ2v) is 9.48. The summed E-state index contributed by atoms with van der Waals surface area (Å²) < 4.78 is 2.41. The van der Waals surface area contributed by atoms with Crippen LogP contribution in [0, 0.1) is 6.92 Å². The van der Waals surface area contributed by atoms with Gasteiger partial charge in [-0.2, -0.15) is 0 Å². The lowest BCUT2D eigenvalue weighted by Crippen LogP contribution is -2.35. The lowest BCUT2D eigenvalue weighted by atomic mass is 9.92. The first-order valence-electron chi connectivity index (χ1n) is 11.7. The van der Waals surface area contributed by atoms with Crippen LogP contribution >= 0.6 is 0 Å². The number of para-hydroxylation sites is 2. The molecular formula is C30H26N2. The van der Waals surface area contributed by atoms with Gasteiger partial charge in [-0.05, 0) is 67.3 Å². The quantitative estimate of drug-likeness (QED) is 0.290. The van der Waals surface area contributed by atoms with E-state index in [0.717, 1.165) is 0 Å². The minimum Gasteiger partial charge on any atom is -0.361 e. The highest BCUT2D eigenvalue weighted by Gasteiger charge is 2.47. The van der Waals surface area contributed by atoms with Gasteiger partial charge in [-0.15, -0.1) is 0 Å².